The van der Waals surface area contributed by atoms with Crippen LogP contribution in [0.2, 0.25) is 5.02 Å². The number of nitrogens with two attached hydrogens (primary N) is 1. The summed E-state index contributed by atoms with van der Waals surface area (Å²) in [6.45, 7) is 0.477. The van der Waals surface area contributed by atoms with Gasteiger partial charge in [-0.1, -0.05) is 17.7 Å². The highest BCUT2D eigenvalue weighted by Gasteiger charge is 2.17. The molecule has 0 unspecified atom stereocenters. The van der Waals surface area contributed by atoms with E-state index in [2.05, 4.69) is 15.0 Å². The number of anilines is 1. The van der Waals surface area contributed by atoms with Crippen LogP contribution in [0.5, 0.6) is 5.75 Å². The van der Waals surface area contributed by atoms with E-state index in [0.717, 1.165) is 11.3 Å². The first kappa shape index (κ1) is 12.7. The van der Waals surface area contributed by atoms with Gasteiger partial charge in [0.05, 0.1) is 20.0 Å². The largest absolute Gasteiger partial charge is 0.496 e. The molecule has 0 saturated heterocycles. The molecule has 102 valence electrons. The molecule has 2 N–H and O–H groups in total. The Hall–Kier alpha value is -2.34. The number of aromatic nitrogens is 4. The van der Waals surface area contributed by atoms with Crippen molar-refractivity contribution in [3.05, 3.63) is 41.4 Å². The molecular weight excluding hydrogens is 278 g/mol. The molecule has 0 amide bonds. The highest BCUT2D eigenvalue weighted by Crippen LogP contribution is 2.29. The van der Waals surface area contributed by atoms with E-state index in [1.807, 2.05) is 22.8 Å². The van der Waals surface area contributed by atoms with Gasteiger partial charge in [0, 0.05) is 10.6 Å². The minimum absolute atomic E-state index is 0.361. The maximum absolute atomic E-state index is 6.24. The van der Waals surface area contributed by atoms with Crippen molar-refractivity contribution in [3.63, 3.8) is 0 Å². The molecule has 2 aliphatic heterocycles. The average molecular weight is 290 g/mol. The molecule has 0 bridgehead atoms. The predicted molar refractivity (Wildman–Crippen MR) is 76.0 cm³/mol. The Kier molecular flexibility index (Phi) is 3.15. The lowest BCUT2D eigenvalue weighted by atomic mass is 10.2. The number of imidazole rings is 1. The number of benzene rings is 1. The van der Waals surface area contributed by atoms with Crippen LogP contribution in [0.1, 0.15) is 5.56 Å². The minimum Gasteiger partial charge on any atom is -0.496 e. The van der Waals surface area contributed by atoms with Crippen molar-refractivity contribution < 1.29 is 4.74 Å². The summed E-state index contributed by atoms with van der Waals surface area (Å²) >= 11 is 6.24. The smallest absolute Gasteiger partial charge is 0.165 e. The van der Waals surface area contributed by atoms with E-state index in [1.54, 1.807) is 13.4 Å². The number of hydrogen-bond acceptors (Lipinski definition) is 5. The second kappa shape index (κ2) is 4.97. The number of rotatable bonds is 3. The van der Waals surface area contributed by atoms with Crippen LogP contribution in [-0.2, 0) is 6.54 Å². The molecule has 0 aromatic heterocycles. The number of methoxy groups -OCH3 is 1. The van der Waals surface area contributed by atoms with E-state index >= 15 is 0 Å². The van der Waals surface area contributed by atoms with Crippen molar-refractivity contribution in [2.75, 3.05) is 12.8 Å². The molecule has 7 heteroatoms. The first-order chi connectivity index (χ1) is 9.70. The quantitative estimate of drug-likeness (QED) is 0.798. The highest BCUT2D eigenvalue weighted by molar-refractivity contribution is 6.31. The van der Waals surface area contributed by atoms with Crippen LogP contribution < -0.4 is 10.5 Å². The van der Waals surface area contributed by atoms with Gasteiger partial charge >= 0.3 is 0 Å². The SMILES string of the molecule is COc1cccc(Cl)c1Cn1cnc(N)c2ncnc1-2. The Morgan fingerprint density at radius 1 is 1.30 bits per heavy atom. The van der Waals surface area contributed by atoms with Gasteiger partial charge in [0.2, 0.25) is 0 Å². The van der Waals surface area contributed by atoms with Gasteiger partial charge in [0.15, 0.2) is 11.6 Å². The molecule has 3 rings (SSSR count). The van der Waals surface area contributed by atoms with Crippen LogP contribution in [0, 0.1) is 0 Å². The maximum Gasteiger partial charge on any atom is 0.165 e. The van der Waals surface area contributed by atoms with Gasteiger partial charge in [0.25, 0.3) is 0 Å². The number of nitrogen functional groups attached to an aromatic ring is 1. The first-order valence-corrected chi connectivity index (χ1v) is 6.31. The number of ether oxygens (including phenoxy) is 1. The molecule has 0 spiro atoms. The van der Waals surface area contributed by atoms with E-state index < -0.39 is 0 Å². The van der Waals surface area contributed by atoms with Crippen molar-refractivity contribution in [3.8, 4) is 17.3 Å². The molecule has 1 aromatic rings. The van der Waals surface area contributed by atoms with Crippen LogP contribution in [0.15, 0.2) is 30.9 Å². The predicted octanol–water partition coefficient (Wildman–Crippen LogP) is 2.07. The standard InChI is InChI=1S/C13H12ClN5O/c1-20-10-4-2-3-9(14)8(10)5-19-7-18-12(15)11-13(19)17-6-16-11/h2-4,6-7H,5,15H2,1H3. The monoisotopic (exact) mass is 289 g/mol. The molecule has 2 heterocycles. The highest BCUT2D eigenvalue weighted by atomic mass is 35.5. The van der Waals surface area contributed by atoms with Crippen molar-refractivity contribution in [2.24, 2.45) is 0 Å². The summed E-state index contributed by atoms with van der Waals surface area (Å²) in [6, 6.07) is 5.52. The van der Waals surface area contributed by atoms with E-state index in [1.165, 1.54) is 6.33 Å². The van der Waals surface area contributed by atoms with Crippen LogP contribution in [0.25, 0.3) is 11.5 Å². The molecule has 6 nitrogen and oxygen atoms in total. The Balaban J connectivity index is 2.07. The van der Waals surface area contributed by atoms with Gasteiger partial charge in [-0.2, -0.15) is 0 Å². The molecule has 0 radical (unpaired) electrons. The molecule has 20 heavy (non-hydrogen) atoms. The van der Waals surface area contributed by atoms with Gasteiger partial charge < -0.3 is 15.0 Å². The fraction of sp³-hybridized carbons (Fsp3) is 0.154. The van der Waals surface area contributed by atoms with Crippen LogP contribution in [0.4, 0.5) is 5.82 Å². The first-order valence-electron chi connectivity index (χ1n) is 5.93. The van der Waals surface area contributed by atoms with Gasteiger partial charge in [-0.25, -0.2) is 15.0 Å². The normalized spacial score (nSPS) is 10.9. The zero-order valence-electron chi connectivity index (χ0n) is 10.7. The molecule has 0 atom stereocenters. The van der Waals surface area contributed by atoms with Crippen LogP contribution in [0.3, 0.4) is 0 Å². The molecular formula is C13H12ClN5O. The van der Waals surface area contributed by atoms with Crippen molar-refractivity contribution in [1.82, 2.24) is 19.5 Å². The molecule has 0 aliphatic carbocycles. The van der Waals surface area contributed by atoms with Gasteiger partial charge in [0.1, 0.15) is 17.8 Å². The second-order valence-corrected chi connectivity index (χ2v) is 4.63. The summed E-state index contributed by atoms with van der Waals surface area (Å²) in [5.74, 6) is 1.74. The molecule has 2 aliphatic rings. The Morgan fingerprint density at radius 2 is 2.15 bits per heavy atom. The van der Waals surface area contributed by atoms with Crippen molar-refractivity contribution in [1.29, 1.82) is 0 Å². The van der Waals surface area contributed by atoms with Crippen molar-refractivity contribution >= 4 is 17.4 Å². The molecule has 1 aromatic carbocycles. The summed E-state index contributed by atoms with van der Waals surface area (Å²) in [5.41, 5.74) is 7.21. The topological polar surface area (TPSA) is 78.9 Å². The summed E-state index contributed by atoms with van der Waals surface area (Å²) in [7, 11) is 1.61. The Morgan fingerprint density at radius 3 is 2.95 bits per heavy atom. The third-order valence-corrected chi connectivity index (χ3v) is 3.41. The number of hydrogen-bond donors (Lipinski definition) is 1. The third-order valence-electron chi connectivity index (χ3n) is 3.05. The summed E-state index contributed by atoms with van der Waals surface area (Å²) < 4.78 is 7.17. The number of halogens is 1. The Bertz CT molecular complexity index is 727. The van der Waals surface area contributed by atoms with E-state index in [9.17, 15) is 0 Å². The van der Waals surface area contributed by atoms with Gasteiger partial charge in [-0.05, 0) is 12.1 Å². The maximum atomic E-state index is 6.24. The lowest BCUT2D eigenvalue weighted by Gasteiger charge is -2.14. The minimum atomic E-state index is 0.361. The van der Waals surface area contributed by atoms with Gasteiger partial charge in [-0.3, -0.25) is 0 Å². The second-order valence-electron chi connectivity index (χ2n) is 4.22. The lowest BCUT2D eigenvalue weighted by molar-refractivity contribution is 0.408. The van der Waals surface area contributed by atoms with Crippen molar-refractivity contribution in [2.45, 2.75) is 6.54 Å². The zero-order chi connectivity index (χ0) is 14.1. The summed E-state index contributed by atoms with van der Waals surface area (Å²) in [6.07, 6.45) is 3.08. The van der Waals surface area contributed by atoms with Crippen LogP contribution >= 0.6 is 11.6 Å². The fourth-order valence-corrected chi connectivity index (χ4v) is 2.29. The van der Waals surface area contributed by atoms with Crippen LogP contribution in [-0.4, -0.2) is 26.6 Å². The van der Waals surface area contributed by atoms with E-state index in [-0.39, 0.29) is 0 Å². The average Bonchev–Trinajstić information content (AvgIpc) is 2.94. The fourth-order valence-electron chi connectivity index (χ4n) is 2.07. The Labute approximate surface area is 120 Å². The third kappa shape index (κ3) is 2.04. The van der Waals surface area contributed by atoms with Gasteiger partial charge in [-0.15, -0.1) is 0 Å². The van der Waals surface area contributed by atoms with E-state index in [4.69, 9.17) is 22.1 Å². The number of fused-ring (bicyclic) bond motifs is 1. The molecule has 0 saturated carbocycles. The number of nitrogens with zero attached hydrogens (tertiary/aromatic N) is 4. The lowest BCUT2D eigenvalue weighted by Crippen LogP contribution is -2.10. The summed E-state index contributed by atoms with van der Waals surface area (Å²) in [4.78, 5) is 12.4. The zero-order valence-corrected chi connectivity index (χ0v) is 11.5. The molecule has 0 fully saturated rings. The van der Waals surface area contributed by atoms with E-state index in [0.29, 0.717) is 28.9 Å². The summed E-state index contributed by atoms with van der Waals surface area (Å²) in [5, 5.41) is 0.626.